The van der Waals surface area contributed by atoms with Crippen molar-refractivity contribution >= 4 is 15.9 Å². The monoisotopic (exact) mass is 346 g/mol. The van der Waals surface area contributed by atoms with E-state index in [-0.39, 0.29) is 0 Å². The first-order chi connectivity index (χ1) is 10.0. The minimum Gasteiger partial charge on any atom is -0.0839 e. The lowest BCUT2D eigenvalue weighted by atomic mass is 9.48. The Morgan fingerprint density at radius 2 is 1.57 bits per heavy atom. The van der Waals surface area contributed by atoms with Crippen LogP contribution in [0.15, 0.2) is 18.2 Å². The molecule has 0 amide bonds. The lowest BCUT2D eigenvalue weighted by Crippen LogP contribution is -2.46. The molecule has 0 radical (unpaired) electrons. The molecule has 1 atom stereocenters. The fourth-order valence-electron chi connectivity index (χ4n) is 6.00. The van der Waals surface area contributed by atoms with Crippen LogP contribution in [-0.2, 0) is 0 Å². The second-order valence-corrected chi connectivity index (χ2v) is 9.54. The van der Waals surface area contributed by atoms with Crippen LogP contribution in [-0.4, -0.2) is 0 Å². The predicted octanol–water partition coefficient (Wildman–Crippen LogP) is 6.35. The largest absolute Gasteiger partial charge is 0.0839 e. The smallest absolute Gasteiger partial charge is 0.0400 e. The average Bonchev–Trinajstić information content (AvgIpc) is 2.39. The van der Waals surface area contributed by atoms with Gasteiger partial charge in [-0.2, -0.15) is 0 Å². The number of aryl methyl sites for hydroxylation is 2. The van der Waals surface area contributed by atoms with Gasteiger partial charge in [0.2, 0.25) is 0 Å². The second kappa shape index (κ2) is 5.11. The quantitative estimate of drug-likeness (QED) is 0.559. The Morgan fingerprint density at radius 1 is 1.00 bits per heavy atom. The summed E-state index contributed by atoms with van der Waals surface area (Å²) >= 11 is 4.04. The lowest BCUT2D eigenvalue weighted by molar-refractivity contribution is -0.0571. The van der Waals surface area contributed by atoms with Crippen LogP contribution in [0.3, 0.4) is 0 Å². The van der Waals surface area contributed by atoms with Gasteiger partial charge in [0.1, 0.15) is 0 Å². The van der Waals surface area contributed by atoms with Crippen LogP contribution >= 0.6 is 15.9 Å². The summed E-state index contributed by atoms with van der Waals surface area (Å²) in [4.78, 5) is 0.549. The molecule has 21 heavy (non-hydrogen) atoms. The minimum absolute atomic E-state index is 0.549. The number of halogens is 1. The summed E-state index contributed by atoms with van der Waals surface area (Å²) in [6.07, 6.45) is 10.6. The Bertz CT molecular complexity index is 509. The van der Waals surface area contributed by atoms with Gasteiger partial charge in [0, 0.05) is 4.83 Å². The summed E-state index contributed by atoms with van der Waals surface area (Å²) in [7, 11) is 0. The maximum atomic E-state index is 4.04. The van der Waals surface area contributed by atoms with Gasteiger partial charge >= 0.3 is 0 Å². The summed E-state index contributed by atoms with van der Waals surface area (Å²) < 4.78 is 0. The highest BCUT2D eigenvalue weighted by Crippen LogP contribution is 2.63. The van der Waals surface area contributed by atoms with E-state index in [2.05, 4.69) is 48.0 Å². The van der Waals surface area contributed by atoms with Crippen molar-refractivity contribution in [3.05, 3.63) is 34.9 Å². The highest BCUT2D eigenvalue weighted by atomic mass is 79.9. The minimum atomic E-state index is 0.549. The Kier molecular flexibility index (Phi) is 3.48. The molecule has 1 unspecified atom stereocenters. The van der Waals surface area contributed by atoms with E-state index in [0.29, 0.717) is 10.2 Å². The molecule has 0 heterocycles. The molecule has 0 aliphatic heterocycles. The van der Waals surface area contributed by atoms with Crippen LogP contribution in [0.2, 0.25) is 0 Å². The van der Waals surface area contributed by atoms with Crippen molar-refractivity contribution in [2.45, 2.75) is 63.6 Å². The van der Waals surface area contributed by atoms with Gasteiger partial charge in [-0.05, 0) is 98.7 Å². The highest BCUT2D eigenvalue weighted by Gasteiger charge is 2.51. The Hall–Kier alpha value is -0.300. The summed E-state index contributed by atoms with van der Waals surface area (Å²) in [6.45, 7) is 4.45. The van der Waals surface area contributed by atoms with Crippen molar-refractivity contribution < 1.29 is 0 Å². The molecule has 0 saturated heterocycles. The number of alkyl halides is 1. The predicted molar refractivity (Wildman–Crippen MR) is 92.8 cm³/mol. The van der Waals surface area contributed by atoms with Crippen LogP contribution in [0, 0.1) is 37.0 Å². The molecule has 0 spiro atoms. The maximum Gasteiger partial charge on any atom is 0.0400 e. The molecule has 4 saturated carbocycles. The van der Waals surface area contributed by atoms with E-state index < -0.39 is 0 Å². The number of hydrogen-bond acceptors (Lipinski definition) is 0. The molecule has 0 N–H and O–H groups in total. The molecular formula is C20H27Br. The zero-order valence-electron chi connectivity index (χ0n) is 13.4. The van der Waals surface area contributed by atoms with Crippen LogP contribution in [0.1, 0.15) is 66.5 Å². The normalized spacial score (nSPS) is 38.7. The molecule has 1 aromatic rings. The van der Waals surface area contributed by atoms with Crippen molar-refractivity contribution in [1.29, 1.82) is 0 Å². The Balaban J connectivity index is 1.53. The third-order valence-corrected chi connectivity index (χ3v) is 7.52. The van der Waals surface area contributed by atoms with Crippen molar-refractivity contribution in [2.24, 2.45) is 23.2 Å². The van der Waals surface area contributed by atoms with E-state index in [0.717, 1.165) is 17.8 Å². The fourth-order valence-corrected chi connectivity index (χ4v) is 6.97. The van der Waals surface area contributed by atoms with Gasteiger partial charge < -0.3 is 0 Å². The standard InChI is InChI=1S/C20H27Br/c1-13-3-4-18(5-14(13)2)19(21)12-20-9-15-6-16(10-20)8-17(7-15)11-20/h3-5,15-17,19H,6-12H2,1-2H3. The zero-order valence-corrected chi connectivity index (χ0v) is 15.0. The number of rotatable bonds is 3. The second-order valence-electron chi connectivity index (χ2n) is 8.43. The Labute approximate surface area is 137 Å². The molecular weight excluding hydrogens is 320 g/mol. The third-order valence-electron chi connectivity index (χ3n) is 6.67. The Morgan fingerprint density at radius 3 is 2.10 bits per heavy atom. The van der Waals surface area contributed by atoms with Gasteiger partial charge in [0.15, 0.2) is 0 Å². The summed E-state index contributed by atoms with van der Waals surface area (Å²) in [6, 6.07) is 7.02. The molecule has 4 bridgehead atoms. The van der Waals surface area contributed by atoms with Crippen molar-refractivity contribution in [3.63, 3.8) is 0 Å². The molecule has 4 aliphatic carbocycles. The first-order valence-corrected chi connectivity index (χ1v) is 9.66. The van der Waals surface area contributed by atoms with Gasteiger partial charge in [0.05, 0.1) is 0 Å². The van der Waals surface area contributed by atoms with E-state index in [1.54, 1.807) is 19.3 Å². The zero-order chi connectivity index (χ0) is 14.6. The maximum absolute atomic E-state index is 4.04. The first kappa shape index (κ1) is 14.3. The van der Waals surface area contributed by atoms with E-state index >= 15 is 0 Å². The van der Waals surface area contributed by atoms with E-state index in [4.69, 9.17) is 0 Å². The molecule has 0 nitrogen and oxygen atoms in total. The SMILES string of the molecule is Cc1ccc(C(Br)CC23CC4CC(CC(C4)C2)C3)cc1C. The van der Waals surface area contributed by atoms with Gasteiger partial charge in [-0.15, -0.1) is 0 Å². The number of hydrogen-bond donors (Lipinski definition) is 0. The van der Waals surface area contributed by atoms with Crippen LogP contribution in [0.5, 0.6) is 0 Å². The van der Waals surface area contributed by atoms with Crippen LogP contribution < -0.4 is 0 Å². The van der Waals surface area contributed by atoms with Crippen molar-refractivity contribution in [2.75, 3.05) is 0 Å². The van der Waals surface area contributed by atoms with Gasteiger partial charge in [-0.3, -0.25) is 0 Å². The molecule has 0 aromatic heterocycles. The lowest BCUT2D eigenvalue weighted by Gasteiger charge is -2.57. The highest BCUT2D eigenvalue weighted by molar-refractivity contribution is 9.09. The van der Waals surface area contributed by atoms with Crippen molar-refractivity contribution in [1.82, 2.24) is 0 Å². The molecule has 4 aliphatic rings. The van der Waals surface area contributed by atoms with E-state index in [9.17, 15) is 0 Å². The average molecular weight is 347 g/mol. The molecule has 4 fully saturated rings. The summed E-state index contributed by atoms with van der Waals surface area (Å²) in [5.74, 6) is 3.20. The van der Waals surface area contributed by atoms with E-state index in [1.165, 1.54) is 42.4 Å². The van der Waals surface area contributed by atoms with Gasteiger partial charge in [-0.25, -0.2) is 0 Å². The van der Waals surface area contributed by atoms with Gasteiger partial charge in [0.25, 0.3) is 0 Å². The van der Waals surface area contributed by atoms with Crippen LogP contribution in [0.25, 0.3) is 0 Å². The molecule has 1 heteroatoms. The molecule has 1 aromatic carbocycles. The number of benzene rings is 1. The van der Waals surface area contributed by atoms with Crippen molar-refractivity contribution in [3.8, 4) is 0 Å². The van der Waals surface area contributed by atoms with Crippen LogP contribution in [0.4, 0.5) is 0 Å². The molecule has 5 rings (SSSR count). The fraction of sp³-hybridized carbons (Fsp3) is 0.700. The molecule has 114 valence electrons. The topological polar surface area (TPSA) is 0 Å². The first-order valence-electron chi connectivity index (χ1n) is 8.74. The summed E-state index contributed by atoms with van der Waals surface area (Å²) in [5, 5.41) is 0. The van der Waals surface area contributed by atoms with E-state index in [1.807, 2.05) is 0 Å². The summed E-state index contributed by atoms with van der Waals surface area (Å²) in [5.41, 5.74) is 5.01. The third kappa shape index (κ3) is 2.60. The van der Waals surface area contributed by atoms with Gasteiger partial charge in [-0.1, -0.05) is 34.1 Å².